The monoisotopic (exact) mass is 1810 g/mol. The van der Waals surface area contributed by atoms with Crippen LogP contribution in [0.15, 0.2) is 85.1 Å². The molecule has 3 heterocycles. The number of nitrogen functional groups attached to an aromatic ring is 1. The van der Waals surface area contributed by atoms with Gasteiger partial charge in [-0.1, -0.05) is 82.3 Å². The number of urea groups is 1. The van der Waals surface area contributed by atoms with E-state index in [4.69, 9.17) is 16.2 Å². The summed E-state index contributed by atoms with van der Waals surface area (Å²) in [5, 5.41) is 96.9. The number of aromatic amines is 1. The quantitative estimate of drug-likeness (QED) is 0.00448. The highest BCUT2D eigenvalue weighted by atomic mass is 16.6. The summed E-state index contributed by atoms with van der Waals surface area (Å²) in [6, 6.07) is -4.97. The lowest BCUT2D eigenvalue weighted by atomic mass is 9.96. The molecule has 48 heteroatoms. The van der Waals surface area contributed by atoms with Crippen molar-refractivity contribution in [2.75, 3.05) is 38.5 Å². The number of para-hydroxylation sites is 2. The van der Waals surface area contributed by atoms with Crippen LogP contribution in [0.3, 0.4) is 0 Å². The fourth-order valence-corrected chi connectivity index (χ4v) is 13.2. The second-order valence-corrected chi connectivity index (χ2v) is 30.3. The number of carbonyl (C=O) groups excluding carboxylic acids is 16. The van der Waals surface area contributed by atoms with Gasteiger partial charge < -0.3 is 126 Å². The Morgan fingerprint density at radius 2 is 1.18 bits per heavy atom. The lowest BCUT2D eigenvalue weighted by Crippen LogP contribution is -2.62. The molecule has 1 aliphatic rings. The third-order valence-electron chi connectivity index (χ3n) is 20.0. The minimum absolute atomic E-state index is 0.0142. The maximum absolute atomic E-state index is 15.0. The Bertz CT molecular complexity index is 4970. The predicted molar refractivity (Wildman–Crippen MR) is 450 cm³/mol. The molecule has 0 spiro atoms. The number of nitrogens with zero attached hydrogens (tertiary/aromatic N) is 2. The number of fused-ring (bicyclic) bond motifs is 2. The Morgan fingerprint density at radius 3 is 1.82 bits per heavy atom. The molecule has 0 radical (unpaired) electrons. The summed E-state index contributed by atoms with van der Waals surface area (Å²) in [7, 11) is 0. The van der Waals surface area contributed by atoms with Crippen molar-refractivity contribution < 1.29 is 131 Å². The summed E-state index contributed by atoms with van der Waals surface area (Å²) in [4.78, 5) is 295. The number of cyclic esters (lactones) is 1. The molecule has 15 amide bonds. The molecule has 5 aromatic rings. The molecule has 13 atom stereocenters. The lowest BCUT2D eigenvalue weighted by molar-refractivity contribution is -0.384. The molecular formula is C81H106N20O28. The Labute approximate surface area is 734 Å². The van der Waals surface area contributed by atoms with Crippen LogP contribution in [-0.4, -0.2) is 264 Å². The number of ketones is 1. The normalized spacial score (nSPS) is 20.1. The van der Waals surface area contributed by atoms with Gasteiger partial charge in [0.2, 0.25) is 76.8 Å². The number of amides is 15. The molecule has 3 aromatic carbocycles. The number of aliphatic hydroxyl groups is 1. The van der Waals surface area contributed by atoms with E-state index < -0.39 is 267 Å². The van der Waals surface area contributed by atoms with E-state index in [0.29, 0.717) is 39.5 Å². The summed E-state index contributed by atoms with van der Waals surface area (Å²) in [5.74, 6) is -29.7. The highest BCUT2D eigenvalue weighted by Crippen LogP contribution is 2.23. The number of benzene rings is 3. The summed E-state index contributed by atoms with van der Waals surface area (Å²) in [6.07, 6.45) is -3.50. The van der Waals surface area contributed by atoms with Crippen LogP contribution >= 0.6 is 0 Å². The van der Waals surface area contributed by atoms with Crippen LogP contribution in [0.2, 0.25) is 0 Å². The van der Waals surface area contributed by atoms with E-state index in [1.165, 1.54) is 42.5 Å². The maximum atomic E-state index is 15.0. The van der Waals surface area contributed by atoms with E-state index in [1.54, 1.807) is 42.6 Å². The van der Waals surface area contributed by atoms with Gasteiger partial charge in [-0.25, -0.2) is 9.59 Å². The number of nitro groups is 1. The molecule has 48 nitrogen and oxygen atoms in total. The van der Waals surface area contributed by atoms with Crippen molar-refractivity contribution in [1.29, 1.82) is 0 Å². The number of H-pyrrole nitrogens is 1. The zero-order valence-corrected chi connectivity index (χ0v) is 70.6. The first kappa shape index (κ1) is 103. The number of primary amides is 1. The Balaban J connectivity index is 1.43. The molecule has 1 fully saturated rings. The number of carboxylic acid groups (broad SMARTS) is 4. The number of esters is 1. The van der Waals surface area contributed by atoms with E-state index in [2.05, 4.69) is 73.8 Å². The zero-order chi connectivity index (χ0) is 95.3. The number of unbranched alkanes of at least 4 members (excludes halogenated alkanes) is 5. The second-order valence-electron chi connectivity index (χ2n) is 30.3. The number of rotatable bonds is 38. The second kappa shape index (κ2) is 50.9. The number of anilines is 1. The lowest BCUT2D eigenvalue weighted by Gasteiger charge is -2.30. The topological polar surface area (TPSA) is 756 Å². The van der Waals surface area contributed by atoms with Crippen molar-refractivity contribution in [3.8, 4) is 0 Å². The highest BCUT2D eigenvalue weighted by Gasteiger charge is 2.41. The molecule has 0 saturated carbocycles. The largest absolute Gasteiger partial charge is 0.481 e. The standard InChI is InChI=1S/C81H106N20O28/c1-5-6-7-8-9-14-26-85-81(126)98-53(29-44-35-86-51-19-13-11-16-47(44)51)74(119)94-54(31-61(83)104)75(120)96-57(34-67(113)114)76(121)100-69-42(4)129-80(125)58(30-60(103)48-17-10-12-18-49(48)82)97-79(124)68(40(2)27-64(107)108)99-77(122)59(39-102)92-63(106)37-87-71(116)55(32-65(109)110)93-70(115)41(3)89-73(118)56(33-66(111)112)95-72(117)52(91-62(105)38-88-78(69)123)20-15-25-84-36-45-22-21-43-28-46(101(127)128)23-24-50(43)90-45/h10-13,16-19,21-24,28,35,40-42,52-59,68-69,84,86,102H,5-9,14-15,20,25-27,29-34,36-39,82H2,1-4H3,(H2,83,104)(H,87,116)(H,88,123)(H,89,118)(H,91,105)(H,92,106)(H,93,115)(H,94,119)(H,95,117)(H,96,120)(H,97,124)(H,99,122)(H,100,121)(H,107,108)(H,109,110)(H,111,112)(H,113,114)(H2,85,98,126). The Morgan fingerprint density at radius 1 is 0.589 bits per heavy atom. The number of ether oxygens (including phenoxy) is 1. The fourth-order valence-electron chi connectivity index (χ4n) is 13.2. The molecule has 0 aliphatic carbocycles. The van der Waals surface area contributed by atoms with Gasteiger partial charge in [-0.15, -0.1) is 0 Å². The van der Waals surface area contributed by atoms with E-state index in [1.807, 2.05) is 22.9 Å². The molecular weight excluding hydrogens is 1700 g/mol. The van der Waals surface area contributed by atoms with Crippen LogP contribution in [0.25, 0.3) is 21.8 Å². The predicted octanol–water partition coefficient (Wildman–Crippen LogP) is -3.93. The van der Waals surface area contributed by atoms with Crippen LogP contribution in [0.1, 0.15) is 139 Å². The third kappa shape index (κ3) is 33.9. The highest BCUT2D eigenvalue weighted by molar-refractivity contribution is 6.05. The molecule has 1 aliphatic heterocycles. The smallest absolute Gasteiger partial charge is 0.329 e. The number of aliphatic hydroxyl groups excluding tert-OH is 1. The average molecular weight is 1810 g/mol. The SMILES string of the molecule is CCCCCCCCNC(=O)NC(Cc1c[nH]c2ccccc12)C(=O)NC(CC(N)=O)C(=O)NC(CC(=O)O)C(=O)NC1C(=O)NCC(=O)NC(CCCNCc2ccc3cc([N+](=O)[O-])ccc3n2)C(=O)NC(CC(=O)O)C(=O)NC(C)C(=O)NC(CC(=O)O)C(=O)NCC(=O)NC(CO)C(=O)NC(C(C)CC(=O)O)C(=O)NC(CC(=O)c2ccccc2N)C(=O)OC1C. The number of nitrogens with two attached hydrogens (primary N) is 2. The van der Waals surface area contributed by atoms with Gasteiger partial charge >= 0.3 is 35.9 Å². The first-order valence-electron chi connectivity index (χ1n) is 40.9. The Hall–Kier alpha value is -14.9. The first-order chi connectivity index (χ1) is 61.1. The van der Waals surface area contributed by atoms with Crippen LogP contribution < -0.4 is 91.2 Å². The van der Waals surface area contributed by atoms with Gasteiger partial charge in [-0.05, 0) is 81.5 Å². The molecule has 6 rings (SSSR count). The molecule has 129 heavy (non-hydrogen) atoms. The molecule has 25 N–H and O–H groups in total. The molecule has 0 bridgehead atoms. The number of hydrogen-bond acceptors (Lipinski definition) is 27. The van der Waals surface area contributed by atoms with Gasteiger partial charge in [0, 0.05) is 71.8 Å². The van der Waals surface area contributed by atoms with Gasteiger partial charge in [0.15, 0.2) is 5.78 Å². The van der Waals surface area contributed by atoms with Gasteiger partial charge in [0.25, 0.3) is 5.69 Å². The number of nitrogens with one attached hydrogen (secondary N) is 16. The maximum Gasteiger partial charge on any atom is 0.329 e. The summed E-state index contributed by atoms with van der Waals surface area (Å²) >= 11 is 0. The van der Waals surface area contributed by atoms with E-state index >= 15 is 9.59 Å². The summed E-state index contributed by atoms with van der Waals surface area (Å²) in [5.41, 5.74) is 12.9. The minimum Gasteiger partial charge on any atom is -0.481 e. The number of non-ortho nitro benzene ring substituents is 1. The van der Waals surface area contributed by atoms with Gasteiger partial charge in [-0.3, -0.25) is 101 Å². The number of carboxylic acids is 4. The van der Waals surface area contributed by atoms with Crippen molar-refractivity contribution in [2.24, 2.45) is 11.7 Å². The number of pyridine rings is 1. The zero-order valence-electron chi connectivity index (χ0n) is 70.6. The number of nitro benzene ring substituents is 1. The van der Waals surface area contributed by atoms with Crippen molar-refractivity contribution in [3.63, 3.8) is 0 Å². The number of hydrogen-bond donors (Lipinski definition) is 23. The number of aromatic nitrogens is 2. The van der Waals surface area contributed by atoms with Crippen molar-refractivity contribution in [2.45, 2.75) is 203 Å². The number of Topliss-reactive ketones (excluding diaryl/α,β-unsaturated/α-hetero) is 1. The van der Waals surface area contributed by atoms with Gasteiger partial charge in [-0.2, -0.15) is 0 Å². The minimum atomic E-state index is -2.50. The number of carbonyl (C=O) groups is 20. The number of aliphatic carboxylic acids is 4. The van der Waals surface area contributed by atoms with Gasteiger partial charge in [0.1, 0.15) is 72.6 Å². The molecule has 1 saturated heterocycles. The third-order valence-corrected chi connectivity index (χ3v) is 20.0. The van der Waals surface area contributed by atoms with Crippen LogP contribution in [0.4, 0.5) is 16.2 Å². The summed E-state index contributed by atoms with van der Waals surface area (Å²) < 4.78 is 5.74. The van der Waals surface area contributed by atoms with E-state index in [9.17, 15) is 122 Å². The van der Waals surface area contributed by atoms with Crippen LogP contribution in [0, 0.1) is 16.0 Å². The van der Waals surface area contributed by atoms with E-state index in [0.717, 1.165) is 52.9 Å². The fraction of sp³-hybridized carbons (Fsp3) is 0.469. The molecule has 698 valence electrons. The van der Waals surface area contributed by atoms with Crippen molar-refractivity contribution in [3.05, 3.63) is 112 Å². The van der Waals surface area contributed by atoms with Crippen LogP contribution in [-0.2, 0) is 104 Å². The summed E-state index contributed by atoms with van der Waals surface area (Å²) in [6.45, 7) is 1.30. The average Bonchev–Trinajstić information content (AvgIpc) is 1.51. The van der Waals surface area contributed by atoms with Gasteiger partial charge in [0.05, 0.1) is 67.9 Å². The Kier molecular flexibility index (Phi) is 40.6. The molecule has 2 aromatic heterocycles. The van der Waals surface area contributed by atoms with E-state index in [-0.39, 0.29) is 49.4 Å². The van der Waals surface area contributed by atoms with Crippen LogP contribution in [0.5, 0.6) is 0 Å². The molecule has 13 unspecified atom stereocenters. The van der Waals surface area contributed by atoms with Crippen molar-refractivity contribution in [1.82, 2.24) is 89.7 Å². The first-order valence-corrected chi connectivity index (χ1v) is 40.9. The van der Waals surface area contributed by atoms with Crippen molar-refractivity contribution >= 4 is 152 Å².